The van der Waals surface area contributed by atoms with Crippen molar-refractivity contribution in [1.29, 1.82) is 0 Å². The van der Waals surface area contributed by atoms with Crippen LogP contribution in [0.3, 0.4) is 0 Å². The highest BCUT2D eigenvalue weighted by atomic mass is 16.5. The van der Waals surface area contributed by atoms with Gasteiger partial charge in [-0.3, -0.25) is 0 Å². The van der Waals surface area contributed by atoms with Crippen LogP contribution in [0.2, 0.25) is 0 Å². The Morgan fingerprint density at radius 1 is 1.03 bits per heavy atom. The number of benzene rings is 1. The smallest absolute Gasteiger partial charge is 0.225 e. The molecule has 1 saturated heterocycles. The number of ether oxygens (including phenoxy) is 1. The number of methoxy groups -OCH3 is 1. The molecule has 0 radical (unpaired) electrons. The predicted octanol–water partition coefficient (Wildman–Crippen LogP) is 1.08. The van der Waals surface area contributed by atoms with Gasteiger partial charge in [0.2, 0.25) is 11.8 Å². The van der Waals surface area contributed by atoms with Crippen LogP contribution >= 0.6 is 0 Å². The molecule has 1 aliphatic carbocycles. The first-order chi connectivity index (χ1) is 15.3. The highest BCUT2D eigenvalue weighted by Crippen LogP contribution is 2.31. The van der Waals surface area contributed by atoms with E-state index in [2.05, 4.69) is 47.2 Å². The molecule has 0 unspecified atom stereocenters. The van der Waals surface area contributed by atoms with Crippen molar-refractivity contribution in [1.82, 2.24) is 30.2 Å². The highest BCUT2D eigenvalue weighted by Gasteiger charge is 2.36. The largest absolute Gasteiger partial charge is 0.497 e. The number of piperazine rings is 1. The van der Waals surface area contributed by atoms with Crippen LogP contribution < -0.4 is 14.5 Å². The van der Waals surface area contributed by atoms with Crippen molar-refractivity contribution in [3.05, 3.63) is 54.1 Å². The second kappa shape index (κ2) is 8.97. The van der Waals surface area contributed by atoms with E-state index in [9.17, 15) is 0 Å². The Kier molecular flexibility index (Phi) is 5.75. The highest BCUT2D eigenvalue weighted by molar-refractivity contribution is 5.31. The third-order valence-electron chi connectivity index (χ3n) is 6.55. The lowest BCUT2D eigenvalue weighted by molar-refractivity contribution is -0.927. The van der Waals surface area contributed by atoms with Crippen LogP contribution in [0, 0.1) is 0 Å². The average Bonchev–Trinajstić information content (AvgIpc) is 3.53. The van der Waals surface area contributed by atoms with Gasteiger partial charge in [0.25, 0.3) is 0 Å². The van der Waals surface area contributed by atoms with Gasteiger partial charge in [-0.15, -0.1) is 5.10 Å². The summed E-state index contributed by atoms with van der Waals surface area (Å²) in [7, 11) is 1.70. The van der Waals surface area contributed by atoms with Crippen molar-refractivity contribution in [2.75, 3.05) is 38.2 Å². The lowest BCUT2D eigenvalue weighted by atomic mass is 10.0. The van der Waals surface area contributed by atoms with Gasteiger partial charge in [-0.25, -0.2) is 14.6 Å². The van der Waals surface area contributed by atoms with E-state index in [0.29, 0.717) is 6.04 Å². The minimum Gasteiger partial charge on any atom is -0.497 e. The van der Waals surface area contributed by atoms with E-state index in [1.54, 1.807) is 19.5 Å². The quantitative estimate of drug-likeness (QED) is 0.637. The summed E-state index contributed by atoms with van der Waals surface area (Å²) < 4.78 is 7.48. The van der Waals surface area contributed by atoms with Crippen LogP contribution in [0.4, 0.5) is 5.95 Å². The van der Waals surface area contributed by atoms with E-state index in [-0.39, 0.29) is 6.04 Å². The molecule has 1 saturated carbocycles. The van der Waals surface area contributed by atoms with Gasteiger partial charge in [0.05, 0.1) is 39.3 Å². The van der Waals surface area contributed by atoms with Gasteiger partial charge in [0.15, 0.2) is 6.04 Å². The van der Waals surface area contributed by atoms with Crippen molar-refractivity contribution in [3.63, 3.8) is 0 Å². The molecule has 9 heteroatoms. The number of rotatable bonds is 6. The topological polar surface area (TPSA) is 86.3 Å². The number of hydrogen-bond acceptors (Lipinski definition) is 7. The van der Waals surface area contributed by atoms with E-state index in [1.165, 1.54) is 23.3 Å². The molecule has 5 rings (SSSR count). The maximum Gasteiger partial charge on any atom is 0.225 e. The fraction of sp³-hybridized carbons (Fsp3) is 0.500. The zero-order chi connectivity index (χ0) is 21.0. The Morgan fingerprint density at radius 3 is 2.42 bits per heavy atom. The fourth-order valence-corrected chi connectivity index (χ4v) is 4.90. The first-order valence-electron chi connectivity index (χ1n) is 11.1. The van der Waals surface area contributed by atoms with E-state index in [1.807, 2.05) is 18.2 Å². The third kappa shape index (κ3) is 4.10. The average molecular weight is 422 g/mol. The first-order valence-corrected chi connectivity index (χ1v) is 11.1. The number of aromatic nitrogens is 6. The molecule has 1 aliphatic heterocycles. The van der Waals surface area contributed by atoms with Gasteiger partial charge in [-0.2, -0.15) is 0 Å². The van der Waals surface area contributed by atoms with Crippen LogP contribution in [0.15, 0.2) is 42.7 Å². The van der Waals surface area contributed by atoms with Gasteiger partial charge in [-0.05, 0) is 53.6 Å². The molecule has 1 aromatic carbocycles. The molecule has 162 valence electrons. The summed E-state index contributed by atoms with van der Waals surface area (Å²) in [6.07, 6.45) is 8.41. The summed E-state index contributed by atoms with van der Waals surface area (Å²) in [4.78, 5) is 12.6. The normalized spacial score (nSPS) is 18.9. The monoisotopic (exact) mass is 421 g/mol. The lowest BCUT2D eigenvalue weighted by Gasteiger charge is -2.36. The van der Waals surface area contributed by atoms with Gasteiger partial charge in [-0.1, -0.05) is 12.8 Å². The molecular formula is C22H29N8O+. The van der Waals surface area contributed by atoms with Crippen LogP contribution in [-0.4, -0.2) is 63.5 Å². The van der Waals surface area contributed by atoms with E-state index < -0.39 is 0 Å². The summed E-state index contributed by atoms with van der Waals surface area (Å²) in [6.45, 7) is 3.73. The van der Waals surface area contributed by atoms with Crippen molar-refractivity contribution in [2.45, 2.75) is 37.8 Å². The van der Waals surface area contributed by atoms with Gasteiger partial charge >= 0.3 is 0 Å². The van der Waals surface area contributed by atoms with Crippen LogP contribution in [0.1, 0.15) is 49.2 Å². The number of nitrogens with one attached hydrogen (secondary N) is 1. The Balaban J connectivity index is 1.43. The summed E-state index contributed by atoms with van der Waals surface area (Å²) >= 11 is 0. The van der Waals surface area contributed by atoms with Crippen LogP contribution in [0.25, 0.3) is 0 Å². The van der Waals surface area contributed by atoms with Crippen LogP contribution in [0.5, 0.6) is 5.75 Å². The molecule has 9 nitrogen and oxygen atoms in total. The maximum absolute atomic E-state index is 5.38. The summed E-state index contributed by atoms with van der Waals surface area (Å²) in [5, 5.41) is 13.1. The zero-order valence-electron chi connectivity index (χ0n) is 17.9. The third-order valence-corrected chi connectivity index (χ3v) is 6.55. The second-order valence-electron chi connectivity index (χ2n) is 8.32. The second-order valence-corrected chi connectivity index (χ2v) is 8.32. The Bertz CT molecular complexity index is 963. The molecule has 0 amide bonds. The minimum absolute atomic E-state index is 0.0837. The van der Waals surface area contributed by atoms with E-state index >= 15 is 0 Å². The molecular weight excluding hydrogens is 392 g/mol. The predicted molar refractivity (Wildman–Crippen MR) is 115 cm³/mol. The molecule has 0 bridgehead atoms. The number of hydrogen-bond donors (Lipinski definition) is 1. The first kappa shape index (κ1) is 19.9. The van der Waals surface area contributed by atoms with Crippen molar-refractivity contribution >= 4 is 5.95 Å². The number of quaternary nitrogens is 1. The van der Waals surface area contributed by atoms with Crippen molar-refractivity contribution in [3.8, 4) is 5.75 Å². The van der Waals surface area contributed by atoms with Crippen LogP contribution in [-0.2, 0) is 0 Å². The number of nitrogens with zero attached hydrogens (tertiary/aromatic N) is 7. The van der Waals surface area contributed by atoms with Gasteiger partial charge < -0.3 is 14.5 Å². The molecule has 2 aliphatic rings. The number of tetrazole rings is 1. The number of anilines is 1. The molecule has 2 fully saturated rings. The molecule has 3 aromatic rings. The molecule has 0 spiro atoms. The molecule has 1 atom stereocenters. The van der Waals surface area contributed by atoms with E-state index in [0.717, 1.165) is 56.5 Å². The van der Waals surface area contributed by atoms with E-state index in [4.69, 9.17) is 4.74 Å². The fourth-order valence-electron chi connectivity index (χ4n) is 4.90. The van der Waals surface area contributed by atoms with Crippen molar-refractivity contribution < 1.29 is 9.64 Å². The summed E-state index contributed by atoms with van der Waals surface area (Å²) in [5.41, 5.74) is 1.22. The van der Waals surface area contributed by atoms with Gasteiger partial charge in [0.1, 0.15) is 5.75 Å². The Morgan fingerprint density at radius 2 is 1.74 bits per heavy atom. The SMILES string of the molecule is COc1ccc([C@@H](c2nnnn2C2CCCC2)[NH+]2CCN(c3ncccn3)CC2)cc1. The van der Waals surface area contributed by atoms with Gasteiger partial charge in [0, 0.05) is 18.0 Å². The summed E-state index contributed by atoms with van der Waals surface area (Å²) in [5.74, 6) is 2.63. The maximum atomic E-state index is 5.38. The Labute approximate surface area is 182 Å². The molecule has 1 N–H and O–H groups in total. The molecule has 3 heterocycles. The minimum atomic E-state index is 0.0837. The Hall–Kier alpha value is -3.07. The summed E-state index contributed by atoms with van der Waals surface area (Å²) in [6, 6.07) is 10.7. The standard InChI is InChI=1S/C22H28N8O/c1-31-19-9-7-17(8-10-19)20(21-25-26-27-30(21)18-5-2-3-6-18)28-13-15-29(16-14-28)22-23-11-4-12-24-22/h4,7-12,18,20H,2-3,5-6,13-16H2,1H3/p+1/t20-/m0/s1. The zero-order valence-corrected chi connectivity index (χ0v) is 17.9. The lowest BCUT2D eigenvalue weighted by Crippen LogP contribution is -3.15. The molecule has 31 heavy (non-hydrogen) atoms. The van der Waals surface area contributed by atoms with Crippen molar-refractivity contribution in [2.24, 2.45) is 0 Å². The molecule has 2 aromatic heterocycles.